The maximum Gasteiger partial charge on any atom is 0.237 e. The molecule has 0 aliphatic rings. The van der Waals surface area contributed by atoms with E-state index in [1.807, 2.05) is 6.92 Å². The lowest BCUT2D eigenvalue weighted by Crippen LogP contribution is -2.45. The lowest BCUT2D eigenvalue weighted by atomic mass is 10.1. The first-order valence-corrected chi connectivity index (χ1v) is 7.74. The summed E-state index contributed by atoms with van der Waals surface area (Å²) in [6, 6.07) is 4.43. The van der Waals surface area contributed by atoms with E-state index >= 15 is 0 Å². The maximum absolute atomic E-state index is 13.2. The molecule has 1 amide bonds. The Labute approximate surface area is 128 Å². The second kappa shape index (κ2) is 8.37. The van der Waals surface area contributed by atoms with E-state index in [0.29, 0.717) is 6.54 Å². The summed E-state index contributed by atoms with van der Waals surface area (Å²) in [6.07, 6.45) is 1.84. The summed E-state index contributed by atoms with van der Waals surface area (Å²) < 4.78 is 14.0. The van der Waals surface area contributed by atoms with Gasteiger partial charge < -0.3 is 10.6 Å². The number of nitrogens with one attached hydrogen (secondary N) is 2. The maximum atomic E-state index is 13.2. The zero-order valence-corrected chi connectivity index (χ0v) is 13.8. The molecule has 1 aromatic carbocycles. The third kappa shape index (κ3) is 5.21. The van der Waals surface area contributed by atoms with E-state index in [1.54, 1.807) is 6.07 Å². The van der Waals surface area contributed by atoms with E-state index in [4.69, 9.17) is 0 Å². The number of benzene rings is 1. The molecule has 0 aromatic heterocycles. The van der Waals surface area contributed by atoms with Crippen molar-refractivity contribution in [1.82, 2.24) is 10.6 Å². The number of carbonyl (C=O) groups excluding carboxylic acids is 1. The van der Waals surface area contributed by atoms with Crippen molar-refractivity contribution in [2.24, 2.45) is 0 Å². The lowest BCUT2D eigenvalue weighted by Gasteiger charge is -2.19. The van der Waals surface area contributed by atoms with E-state index in [9.17, 15) is 9.18 Å². The molecule has 0 aliphatic heterocycles. The average molecular weight is 345 g/mol. The normalized spacial score (nSPS) is 12.5. The van der Waals surface area contributed by atoms with Gasteiger partial charge in [-0.25, -0.2) is 4.39 Å². The van der Waals surface area contributed by atoms with Crippen molar-refractivity contribution in [2.75, 3.05) is 0 Å². The van der Waals surface area contributed by atoms with Crippen LogP contribution in [0.1, 0.15) is 39.2 Å². The fraction of sp³-hybridized carbons (Fsp3) is 0.533. The minimum atomic E-state index is -0.314. The summed E-state index contributed by atoms with van der Waals surface area (Å²) in [4.78, 5) is 12.0. The Morgan fingerprint density at radius 1 is 1.35 bits per heavy atom. The standard InChI is InChI=1S/C15H22BrFN2O/c1-4-13(5-2)19-15(20)10(3)18-9-11-8-12(17)6-7-14(11)16/h6-8,10,13,18H,4-5,9H2,1-3H3,(H,19,20). The minimum Gasteiger partial charge on any atom is -0.352 e. The monoisotopic (exact) mass is 344 g/mol. The van der Waals surface area contributed by atoms with Crippen molar-refractivity contribution in [3.8, 4) is 0 Å². The molecule has 1 unspecified atom stereocenters. The van der Waals surface area contributed by atoms with Crippen LogP contribution in [0.3, 0.4) is 0 Å². The van der Waals surface area contributed by atoms with Crippen molar-refractivity contribution in [1.29, 1.82) is 0 Å². The van der Waals surface area contributed by atoms with E-state index in [-0.39, 0.29) is 23.8 Å². The lowest BCUT2D eigenvalue weighted by molar-refractivity contribution is -0.123. The number of halogens is 2. The second-order valence-corrected chi connectivity index (χ2v) is 5.71. The Kier molecular flexibility index (Phi) is 7.16. The van der Waals surface area contributed by atoms with Gasteiger partial charge in [0.25, 0.3) is 0 Å². The van der Waals surface area contributed by atoms with E-state index < -0.39 is 0 Å². The third-order valence-corrected chi connectivity index (χ3v) is 4.11. The number of amides is 1. The largest absolute Gasteiger partial charge is 0.352 e. The van der Waals surface area contributed by atoms with Gasteiger partial charge in [-0.2, -0.15) is 0 Å². The summed E-state index contributed by atoms with van der Waals surface area (Å²) in [5.74, 6) is -0.301. The molecule has 2 N–H and O–H groups in total. The van der Waals surface area contributed by atoms with Gasteiger partial charge in [0.05, 0.1) is 6.04 Å². The van der Waals surface area contributed by atoms with Crippen LogP contribution in [0.4, 0.5) is 4.39 Å². The van der Waals surface area contributed by atoms with Crippen molar-refractivity contribution in [3.05, 3.63) is 34.1 Å². The van der Waals surface area contributed by atoms with Crippen molar-refractivity contribution >= 4 is 21.8 Å². The highest BCUT2D eigenvalue weighted by atomic mass is 79.9. The molecule has 0 saturated heterocycles. The van der Waals surface area contributed by atoms with E-state index in [0.717, 1.165) is 22.9 Å². The van der Waals surface area contributed by atoms with Gasteiger partial charge in [0.15, 0.2) is 0 Å². The van der Waals surface area contributed by atoms with Crippen LogP contribution in [0.2, 0.25) is 0 Å². The first-order chi connectivity index (χ1) is 9.47. The first kappa shape index (κ1) is 17.1. The molecule has 3 nitrogen and oxygen atoms in total. The van der Waals surface area contributed by atoms with Gasteiger partial charge >= 0.3 is 0 Å². The van der Waals surface area contributed by atoms with Crippen LogP contribution in [0.15, 0.2) is 22.7 Å². The third-order valence-electron chi connectivity index (χ3n) is 3.33. The van der Waals surface area contributed by atoms with Gasteiger partial charge in [-0.15, -0.1) is 0 Å². The molecule has 0 saturated carbocycles. The Morgan fingerprint density at radius 3 is 2.60 bits per heavy atom. The van der Waals surface area contributed by atoms with Gasteiger partial charge in [0.2, 0.25) is 5.91 Å². The Balaban J connectivity index is 2.52. The molecular formula is C15H22BrFN2O. The zero-order valence-electron chi connectivity index (χ0n) is 12.2. The highest BCUT2D eigenvalue weighted by molar-refractivity contribution is 9.10. The molecule has 0 fully saturated rings. The van der Waals surface area contributed by atoms with Crippen LogP contribution >= 0.6 is 15.9 Å². The summed E-state index contributed by atoms with van der Waals surface area (Å²) in [5, 5.41) is 6.10. The SMILES string of the molecule is CCC(CC)NC(=O)C(C)NCc1cc(F)ccc1Br. The van der Waals surface area contributed by atoms with Crippen LogP contribution in [-0.2, 0) is 11.3 Å². The molecule has 0 aliphatic carbocycles. The van der Waals surface area contributed by atoms with Gasteiger partial charge in [-0.1, -0.05) is 29.8 Å². The van der Waals surface area contributed by atoms with Crippen molar-refractivity contribution in [2.45, 2.75) is 52.2 Å². The number of hydrogen-bond acceptors (Lipinski definition) is 2. The topological polar surface area (TPSA) is 41.1 Å². The van der Waals surface area contributed by atoms with Crippen LogP contribution in [0, 0.1) is 5.82 Å². The van der Waals surface area contributed by atoms with Gasteiger partial charge in [-0.05, 0) is 43.5 Å². The molecule has 1 aromatic rings. The molecule has 20 heavy (non-hydrogen) atoms. The summed E-state index contributed by atoms with van der Waals surface area (Å²) in [6.45, 7) is 6.35. The van der Waals surface area contributed by atoms with Crippen LogP contribution < -0.4 is 10.6 Å². The van der Waals surface area contributed by atoms with Gasteiger partial charge in [-0.3, -0.25) is 4.79 Å². The van der Waals surface area contributed by atoms with E-state index in [2.05, 4.69) is 40.4 Å². The minimum absolute atomic E-state index is 0.0220. The highest BCUT2D eigenvalue weighted by Gasteiger charge is 2.15. The first-order valence-electron chi connectivity index (χ1n) is 6.95. The smallest absolute Gasteiger partial charge is 0.237 e. The van der Waals surface area contributed by atoms with Crippen molar-refractivity contribution in [3.63, 3.8) is 0 Å². The van der Waals surface area contributed by atoms with Crippen LogP contribution in [-0.4, -0.2) is 18.0 Å². The molecule has 0 bridgehead atoms. The zero-order chi connectivity index (χ0) is 15.1. The number of carbonyl (C=O) groups is 1. The van der Waals surface area contributed by atoms with Gasteiger partial charge in [0, 0.05) is 17.1 Å². The van der Waals surface area contributed by atoms with E-state index in [1.165, 1.54) is 12.1 Å². The van der Waals surface area contributed by atoms with Gasteiger partial charge in [0.1, 0.15) is 5.82 Å². The fourth-order valence-electron chi connectivity index (χ4n) is 1.85. The Morgan fingerprint density at radius 2 is 2.00 bits per heavy atom. The molecule has 0 radical (unpaired) electrons. The molecule has 112 valence electrons. The van der Waals surface area contributed by atoms with Crippen LogP contribution in [0.5, 0.6) is 0 Å². The molecule has 0 spiro atoms. The quantitative estimate of drug-likeness (QED) is 0.796. The fourth-order valence-corrected chi connectivity index (χ4v) is 2.24. The highest BCUT2D eigenvalue weighted by Crippen LogP contribution is 2.17. The second-order valence-electron chi connectivity index (χ2n) is 4.86. The predicted molar refractivity (Wildman–Crippen MR) is 82.9 cm³/mol. The molecular weight excluding hydrogens is 323 g/mol. The number of hydrogen-bond donors (Lipinski definition) is 2. The summed E-state index contributed by atoms with van der Waals surface area (Å²) >= 11 is 3.37. The molecule has 1 rings (SSSR count). The van der Waals surface area contributed by atoms with Crippen LogP contribution in [0.25, 0.3) is 0 Å². The average Bonchev–Trinajstić information content (AvgIpc) is 2.44. The van der Waals surface area contributed by atoms with Crippen molar-refractivity contribution < 1.29 is 9.18 Å². The summed E-state index contributed by atoms with van der Waals surface area (Å²) in [5.41, 5.74) is 0.798. The molecule has 0 heterocycles. The Bertz CT molecular complexity index is 449. The molecule has 5 heteroatoms. The number of rotatable bonds is 7. The predicted octanol–water partition coefficient (Wildman–Crippen LogP) is 3.37. The Hall–Kier alpha value is -0.940. The summed E-state index contributed by atoms with van der Waals surface area (Å²) in [7, 11) is 0. The molecule has 1 atom stereocenters.